The van der Waals surface area contributed by atoms with Crippen LogP contribution in [-0.2, 0) is 11.2 Å². The van der Waals surface area contributed by atoms with E-state index in [-0.39, 0.29) is 11.9 Å². The first-order valence-electron chi connectivity index (χ1n) is 6.32. The molecule has 0 spiro atoms. The summed E-state index contributed by atoms with van der Waals surface area (Å²) in [6.45, 7) is 8.33. The highest BCUT2D eigenvalue weighted by Gasteiger charge is 2.27. The summed E-state index contributed by atoms with van der Waals surface area (Å²) in [4.78, 5) is 18.5. The first kappa shape index (κ1) is 12.1. The average molecular weight is 232 g/mol. The van der Waals surface area contributed by atoms with Gasteiger partial charge in [0.25, 0.3) is 0 Å². The highest BCUT2D eigenvalue weighted by molar-refractivity contribution is 5.95. The molecule has 0 N–H and O–H groups in total. The molecule has 0 fully saturated rings. The number of rotatable bonds is 2. The summed E-state index contributed by atoms with van der Waals surface area (Å²) < 4.78 is 0. The minimum absolute atomic E-state index is 0.177. The quantitative estimate of drug-likeness (QED) is 0.785. The van der Waals surface area contributed by atoms with Crippen LogP contribution in [0.5, 0.6) is 0 Å². The molecular formula is C14H20N2O. The van der Waals surface area contributed by atoms with Crippen molar-refractivity contribution in [3.63, 3.8) is 0 Å². The van der Waals surface area contributed by atoms with E-state index in [1.165, 1.54) is 5.56 Å². The Morgan fingerprint density at radius 1 is 1.18 bits per heavy atom. The van der Waals surface area contributed by atoms with Crippen molar-refractivity contribution in [2.45, 2.75) is 52.5 Å². The lowest BCUT2D eigenvalue weighted by Gasteiger charge is -2.32. The predicted octanol–water partition coefficient (Wildman–Crippen LogP) is 2.89. The number of hydrogen-bond donors (Lipinski definition) is 0. The number of carbonyl (C=O) groups is 1. The second-order valence-corrected chi connectivity index (χ2v) is 5.23. The number of aromatic nitrogens is 1. The van der Waals surface area contributed by atoms with Gasteiger partial charge in [-0.1, -0.05) is 19.9 Å². The molecule has 92 valence electrons. The van der Waals surface area contributed by atoms with E-state index in [1.807, 2.05) is 18.7 Å². The molecule has 1 aromatic heterocycles. The van der Waals surface area contributed by atoms with Gasteiger partial charge in [-0.3, -0.25) is 9.69 Å². The van der Waals surface area contributed by atoms with Crippen LogP contribution in [0.15, 0.2) is 12.1 Å². The van der Waals surface area contributed by atoms with Gasteiger partial charge < -0.3 is 0 Å². The highest BCUT2D eigenvalue weighted by atomic mass is 16.2. The second-order valence-electron chi connectivity index (χ2n) is 5.23. The fraction of sp³-hybridized carbons (Fsp3) is 0.571. The molecule has 17 heavy (non-hydrogen) atoms. The third-order valence-corrected chi connectivity index (χ3v) is 3.19. The fourth-order valence-electron chi connectivity index (χ4n) is 2.23. The van der Waals surface area contributed by atoms with Gasteiger partial charge >= 0.3 is 0 Å². The zero-order valence-electron chi connectivity index (χ0n) is 11.0. The first-order chi connectivity index (χ1) is 8.00. The van der Waals surface area contributed by atoms with Gasteiger partial charge in [0.15, 0.2) is 0 Å². The Morgan fingerprint density at radius 2 is 1.88 bits per heavy atom. The van der Waals surface area contributed by atoms with Crippen molar-refractivity contribution in [2.75, 3.05) is 4.90 Å². The molecule has 3 heteroatoms. The van der Waals surface area contributed by atoms with E-state index >= 15 is 0 Å². The van der Waals surface area contributed by atoms with E-state index in [0.717, 1.165) is 17.9 Å². The highest BCUT2D eigenvalue weighted by Crippen LogP contribution is 2.29. The SMILES string of the molecule is CC(C)c1ccc2c(n1)N(C(C)C)C(=O)CC2. The monoisotopic (exact) mass is 232 g/mol. The Bertz CT molecular complexity index is 438. The maximum atomic E-state index is 12.0. The number of aryl methyl sites for hydroxylation is 1. The molecule has 0 aliphatic carbocycles. The van der Waals surface area contributed by atoms with Crippen LogP contribution >= 0.6 is 0 Å². The van der Waals surface area contributed by atoms with Crippen LogP contribution in [0.25, 0.3) is 0 Å². The zero-order chi connectivity index (χ0) is 12.6. The Kier molecular flexibility index (Phi) is 3.18. The Labute approximate surface area is 103 Å². The summed E-state index contributed by atoms with van der Waals surface area (Å²) >= 11 is 0. The number of hydrogen-bond acceptors (Lipinski definition) is 2. The van der Waals surface area contributed by atoms with E-state index in [2.05, 4.69) is 31.0 Å². The van der Waals surface area contributed by atoms with Crippen LogP contribution in [-0.4, -0.2) is 16.9 Å². The lowest BCUT2D eigenvalue weighted by molar-refractivity contribution is -0.119. The molecule has 1 aliphatic heterocycles. The summed E-state index contributed by atoms with van der Waals surface area (Å²) in [5, 5.41) is 0. The van der Waals surface area contributed by atoms with Crippen LogP contribution in [0.4, 0.5) is 5.82 Å². The van der Waals surface area contributed by atoms with E-state index in [9.17, 15) is 4.79 Å². The van der Waals surface area contributed by atoms with E-state index < -0.39 is 0 Å². The van der Waals surface area contributed by atoms with E-state index in [1.54, 1.807) is 0 Å². The van der Waals surface area contributed by atoms with Crippen molar-refractivity contribution in [3.05, 3.63) is 23.4 Å². The van der Waals surface area contributed by atoms with Crippen LogP contribution in [0.3, 0.4) is 0 Å². The van der Waals surface area contributed by atoms with E-state index in [4.69, 9.17) is 0 Å². The summed E-state index contributed by atoms with van der Waals surface area (Å²) in [5.74, 6) is 1.47. The molecule has 0 aromatic carbocycles. The molecule has 0 saturated heterocycles. The van der Waals surface area contributed by atoms with Crippen molar-refractivity contribution in [2.24, 2.45) is 0 Å². The number of carbonyl (C=O) groups excluding carboxylic acids is 1. The summed E-state index contributed by atoms with van der Waals surface area (Å²) in [7, 11) is 0. The standard InChI is InChI=1S/C14H20N2O/c1-9(2)12-7-5-11-6-8-13(17)16(10(3)4)14(11)15-12/h5,7,9-10H,6,8H2,1-4H3. The van der Waals surface area contributed by atoms with Crippen LogP contribution in [0, 0.1) is 0 Å². The lowest BCUT2D eigenvalue weighted by atomic mass is 10.0. The smallest absolute Gasteiger partial charge is 0.228 e. The fourth-order valence-corrected chi connectivity index (χ4v) is 2.23. The normalized spacial score (nSPS) is 15.6. The van der Waals surface area contributed by atoms with Gasteiger partial charge in [-0.25, -0.2) is 4.98 Å². The zero-order valence-corrected chi connectivity index (χ0v) is 11.0. The van der Waals surface area contributed by atoms with Crippen molar-refractivity contribution in [3.8, 4) is 0 Å². The summed E-state index contributed by atoms with van der Waals surface area (Å²) in [5.41, 5.74) is 2.26. The molecule has 0 saturated carbocycles. The summed E-state index contributed by atoms with van der Waals surface area (Å²) in [6.07, 6.45) is 1.43. The minimum atomic E-state index is 0.177. The molecule has 1 aliphatic rings. The van der Waals surface area contributed by atoms with Crippen LogP contribution in [0.1, 0.15) is 51.3 Å². The van der Waals surface area contributed by atoms with Gasteiger partial charge in [0.2, 0.25) is 5.91 Å². The van der Waals surface area contributed by atoms with Crippen LogP contribution < -0.4 is 4.90 Å². The largest absolute Gasteiger partial charge is 0.294 e. The maximum Gasteiger partial charge on any atom is 0.228 e. The Morgan fingerprint density at radius 3 is 2.47 bits per heavy atom. The number of amides is 1. The van der Waals surface area contributed by atoms with Crippen molar-refractivity contribution in [1.29, 1.82) is 0 Å². The Hall–Kier alpha value is -1.38. The second kappa shape index (κ2) is 4.47. The van der Waals surface area contributed by atoms with Crippen molar-refractivity contribution in [1.82, 2.24) is 4.98 Å². The van der Waals surface area contributed by atoms with Gasteiger partial charge in [0.1, 0.15) is 5.82 Å². The molecule has 0 unspecified atom stereocenters. The van der Waals surface area contributed by atoms with Gasteiger partial charge in [0.05, 0.1) is 0 Å². The molecule has 1 amide bonds. The number of fused-ring (bicyclic) bond motifs is 1. The van der Waals surface area contributed by atoms with Crippen molar-refractivity contribution >= 4 is 11.7 Å². The van der Waals surface area contributed by atoms with Gasteiger partial charge in [-0.05, 0) is 37.8 Å². The van der Waals surface area contributed by atoms with Crippen molar-refractivity contribution < 1.29 is 4.79 Å². The summed E-state index contributed by atoms with van der Waals surface area (Å²) in [6, 6.07) is 4.38. The topological polar surface area (TPSA) is 33.2 Å². The number of nitrogens with zero attached hydrogens (tertiary/aromatic N) is 2. The third-order valence-electron chi connectivity index (χ3n) is 3.19. The molecule has 1 aromatic rings. The van der Waals surface area contributed by atoms with Gasteiger partial charge in [-0.15, -0.1) is 0 Å². The number of pyridine rings is 1. The Balaban J connectivity index is 2.48. The van der Waals surface area contributed by atoms with Gasteiger partial charge in [0, 0.05) is 18.2 Å². The van der Waals surface area contributed by atoms with Crippen LogP contribution in [0.2, 0.25) is 0 Å². The molecule has 0 radical (unpaired) electrons. The van der Waals surface area contributed by atoms with E-state index in [0.29, 0.717) is 12.3 Å². The molecule has 0 atom stereocenters. The predicted molar refractivity (Wildman–Crippen MR) is 69.3 cm³/mol. The first-order valence-corrected chi connectivity index (χ1v) is 6.32. The average Bonchev–Trinajstić information content (AvgIpc) is 2.27. The lowest BCUT2D eigenvalue weighted by Crippen LogP contribution is -2.41. The molecule has 2 heterocycles. The molecule has 2 rings (SSSR count). The molecular weight excluding hydrogens is 212 g/mol. The molecule has 0 bridgehead atoms. The maximum absolute atomic E-state index is 12.0. The number of anilines is 1. The minimum Gasteiger partial charge on any atom is -0.294 e. The molecule has 3 nitrogen and oxygen atoms in total. The third kappa shape index (κ3) is 2.19. The van der Waals surface area contributed by atoms with Gasteiger partial charge in [-0.2, -0.15) is 0 Å².